The minimum absolute atomic E-state index is 0.272. The molecule has 0 aromatic rings. The van der Waals surface area contributed by atoms with Gasteiger partial charge in [0.25, 0.3) is 0 Å². The molecule has 1 saturated carbocycles. The topological polar surface area (TPSA) is 12.0 Å². The highest BCUT2D eigenvalue weighted by atomic mass is 14.9. The molecule has 0 amide bonds. The van der Waals surface area contributed by atoms with Gasteiger partial charge in [-0.25, -0.2) is 0 Å². The van der Waals surface area contributed by atoms with E-state index in [-0.39, 0.29) is 6.04 Å². The molecular formula is C13H23N. The zero-order valence-electron chi connectivity index (χ0n) is 9.60. The summed E-state index contributed by atoms with van der Waals surface area (Å²) in [5.74, 6) is 2.80. The molecule has 0 aliphatic heterocycles. The number of hydrogen-bond donors (Lipinski definition) is 1. The van der Waals surface area contributed by atoms with Crippen molar-refractivity contribution in [2.75, 3.05) is 6.54 Å². The van der Waals surface area contributed by atoms with E-state index >= 15 is 0 Å². The monoisotopic (exact) mass is 193 g/mol. The molecule has 0 aromatic heterocycles. The van der Waals surface area contributed by atoms with Crippen LogP contribution in [0.15, 0.2) is 0 Å². The molecule has 1 N–H and O–H groups in total. The molecule has 1 heteroatoms. The highest BCUT2D eigenvalue weighted by molar-refractivity contribution is 4.98. The minimum atomic E-state index is 0.272. The maximum Gasteiger partial charge on any atom is 0.0684 e. The standard InChI is InChI=1S/C13H23N/c1-4-12(5-2)14-11-13(3)9-7-6-8-10-13/h1,12,14H,5-11H2,2-3H3. The predicted octanol–water partition coefficient (Wildman–Crippen LogP) is 2.96. The van der Waals surface area contributed by atoms with Crippen LogP contribution in [0.2, 0.25) is 0 Å². The summed E-state index contributed by atoms with van der Waals surface area (Å²) in [5, 5.41) is 3.49. The van der Waals surface area contributed by atoms with Gasteiger partial charge in [-0.15, -0.1) is 6.42 Å². The molecular weight excluding hydrogens is 170 g/mol. The maximum atomic E-state index is 5.43. The van der Waals surface area contributed by atoms with Crippen molar-refractivity contribution >= 4 is 0 Å². The van der Waals surface area contributed by atoms with E-state index < -0.39 is 0 Å². The van der Waals surface area contributed by atoms with Crippen LogP contribution in [-0.2, 0) is 0 Å². The first-order chi connectivity index (χ1) is 6.70. The van der Waals surface area contributed by atoms with E-state index in [2.05, 4.69) is 25.1 Å². The molecule has 0 radical (unpaired) electrons. The number of nitrogens with one attached hydrogen (secondary N) is 1. The highest BCUT2D eigenvalue weighted by Crippen LogP contribution is 2.34. The van der Waals surface area contributed by atoms with Crippen LogP contribution in [0.25, 0.3) is 0 Å². The lowest BCUT2D eigenvalue weighted by Gasteiger charge is -2.34. The minimum Gasteiger partial charge on any atom is -0.303 e. The molecule has 14 heavy (non-hydrogen) atoms. The molecule has 1 fully saturated rings. The first-order valence-corrected chi connectivity index (χ1v) is 5.90. The molecule has 1 nitrogen and oxygen atoms in total. The van der Waals surface area contributed by atoms with Crippen LogP contribution in [-0.4, -0.2) is 12.6 Å². The Hall–Kier alpha value is -0.480. The van der Waals surface area contributed by atoms with Crippen LogP contribution < -0.4 is 5.32 Å². The predicted molar refractivity (Wildman–Crippen MR) is 62.1 cm³/mol. The summed E-state index contributed by atoms with van der Waals surface area (Å²) in [7, 11) is 0. The van der Waals surface area contributed by atoms with Crippen LogP contribution in [0.4, 0.5) is 0 Å². The Morgan fingerprint density at radius 2 is 2.00 bits per heavy atom. The van der Waals surface area contributed by atoms with Crippen molar-refractivity contribution in [1.82, 2.24) is 5.32 Å². The second-order valence-electron chi connectivity index (χ2n) is 4.88. The van der Waals surface area contributed by atoms with E-state index in [1.54, 1.807) is 0 Å². The van der Waals surface area contributed by atoms with Gasteiger partial charge in [0.2, 0.25) is 0 Å². The molecule has 0 saturated heterocycles. The number of rotatable bonds is 4. The quantitative estimate of drug-likeness (QED) is 0.677. The van der Waals surface area contributed by atoms with Gasteiger partial charge in [0.1, 0.15) is 0 Å². The summed E-state index contributed by atoms with van der Waals surface area (Å²) < 4.78 is 0. The number of terminal acetylenes is 1. The van der Waals surface area contributed by atoms with Crippen molar-refractivity contribution in [2.24, 2.45) is 5.41 Å². The van der Waals surface area contributed by atoms with Crippen LogP contribution in [0.5, 0.6) is 0 Å². The van der Waals surface area contributed by atoms with Gasteiger partial charge in [0.15, 0.2) is 0 Å². The van der Waals surface area contributed by atoms with E-state index in [0.29, 0.717) is 5.41 Å². The molecule has 1 aliphatic rings. The van der Waals surface area contributed by atoms with Crippen molar-refractivity contribution in [2.45, 2.75) is 58.4 Å². The second kappa shape index (κ2) is 5.41. The van der Waals surface area contributed by atoms with Crippen LogP contribution in [0, 0.1) is 17.8 Å². The Morgan fingerprint density at radius 3 is 2.50 bits per heavy atom. The Kier molecular flexibility index (Phi) is 4.48. The van der Waals surface area contributed by atoms with Crippen molar-refractivity contribution < 1.29 is 0 Å². The molecule has 80 valence electrons. The van der Waals surface area contributed by atoms with E-state index in [9.17, 15) is 0 Å². The Bertz CT molecular complexity index is 196. The van der Waals surface area contributed by atoms with Crippen molar-refractivity contribution in [3.05, 3.63) is 0 Å². The van der Waals surface area contributed by atoms with E-state index in [1.165, 1.54) is 32.1 Å². The second-order valence-corrected chi connectivity index (χ2v) is 4.88. The van der Waals surface area contributed by atoms with E-state index in [1.807, 2.05) is 0 Å². The zero-order chi connectivity index (χ0) is 10.4. The van der Waals surface area contributed by atoms with Crippen molar-refractivity contribution in [3.8, 4) is 12.3 Å². The fourth-order valence-corrected chi connectivity index (χ4v) is 2.27. The van der Waals surface area contributed by atoms with Gasteiger partial charge in [-0.2, -0.15) is 0 Å². The summed E-state index contributed by atoms with van der Waals surface area (Å²) >= 11 is 0. The van der Waals surface area contributed by atoms with Gasteiger partial charge in [-0.1, -0.05) is 39.0 Å². The number of hydrogen-bond acceptors (Lipinski definition) is 1. The lowest BCUT2D eigenvalue weighted by Crippen LogP contribution is -2.38. The third kappa shape index (κ3) is 3.35. The van der Waals surface area contributed by atoms with E-state index in [4.69, 9.17) is 6.42 Å². The summed E-state index contributed by atoms with van der Waals surface area (Å²) in [6.45, 7) is 5.62. The average molecular weight is 193 g/mol. The summed E-state index contributed by atoms with van der Waals surface area (Å²) in [6, 6.07) is 0.272. The SMILES string of the molecule is C#CC(CC)NCC1(C)CCCCC1. The Balaban J connectivity index is 2.31. The fourth-order valence-electron chi connectivity index (χ4n) is 2.27. The lowest BCUT2D eigenvalue weighted by molar-refractivity contribution is 0.204. The van der Waals surface area contributed by atoms with Crippen LogP contribution in [0.3, 0.4) is 0 Å². The van der Waals surface area contributed by atoms with Gasteiger partial charge < -0.3 is 5.32 Å². The maximum absolute atomic E-state index is 5.43. The molecule has 1 unspecified atom stereocenters. The molecule has 1 aliphatic carbocycles. The first-order valence-electron chi connectivity index (χ1n) is 5.90. The van der Waals surface area contributed by atoms with Crippen LogP contribution in [0.1, 0.15) is 52.4 Å². The smallest absolute Gasteiger partial charge is 0.0684 e. The zero-order valence-corrected chi connectivity index (χ0v) is 9.60. The molecule has 1 atom stereocenters. The third-order valence-corrected chi connectivity index (χ3v) is 3.45. The van der Waals surface area contributed by atoms with E-state index in [0.717, 1.165) is 13.0 Å². The molecule has 1 rings (SSSR count). The Morgan fingerprint density at radius 1 is 1.36 bits per heavy atom. The van der Waals surface area contributed by atoms with Gasteiger partial charge >= 0.3 is 0 Å². The van der Waals surface area contributed by atoms with Gasteiger partial charge in [0, 0.05) is 6.54 Å². The van der Waals surface area contributed by atoms with Crippen LogP contribution >= 0.6 is 0 Å². The van der Waals surface area contributed by atoms with Gasteiger partial charge in [-0.05, 0) is 24.7 Å². The lowest BCUT2D eigenvalue weighted by atomic mass is 9.75. The first kappa shape index (κ1) is 11.6. The Labute approximate surface area is 88.7 Å². The molecule has 0 spiro atoms. The van der Waals surface area contributed by atoms with Crippen molar-refractivity contribution in [1.29, 1.82) is 0 Å². The van der Waals surface area contributed by atoms with Crippen molar-refractivity contribution in [3.63, 3.8) is 0 Å². The average Bonchev–Trinajstić information content (AvgIpc) is 2.20. The van der Waals surface area contributed by atoms with Gasteiger partial charge in [0.05, 0.1) is 6.04 Å². The normalized spacial score (nSPS) is 22.6. The largest absolute Gasteiger partial charge is 0.303 e. The molecule has 0 aromatic carbocycles. The highest BCUT2D eigenvalue weighted by Gasteiger charge is 2.26. The van der Waals surface area contributed by atoms with Gasteiger partial charge in [-0.3, -0.25) is 0 Å². The molecule has 0 bridgehead atoms. The summed E-state index contributed by atoms with van der Waals surface area (Å²) in [6.07, 6.45) is 13.4. The fraction of sp³-hybridized carbons (Fsp3) is 0.846. The molecule has 0 heterocycles. The summed E-state index contributed by atoms with van der Waals surface area (Å²) in [5.41, 5.74) is 0.502. The summed E-state index contributed by atoms with van der Waals surface area (Å²) in [4.78, 5) is 0. The third-order valence-electron chi connectivity index (χ3n) is 3.45.